The summed E-state index contributed by atoms with van der Waals surface area (Å²) in [6.07, 6.45) is 2.56. The predicted molar refractivity (Wildman–Crippen MR) is 140 cm³/mol. The maximum atomic E-state index is 12.0. The zero-order chi connectivity index (χ0) is 24.9. The van der Waals surface area contributed by atoms with Crippen molar-refractivity contribution < 1.29 is 27.7 Å². The van der Waals surface area contributed by atoms with Gasteiger partial charge in [-0.15, -0.1) is 12.4 Å². The lowest BCUT2D eigenvalue weighted by atomic mass is 9.83. The van der Waals surface area contributed by atoms with Gasteiger partial charge in [0.05, 0.1) is 25.6 Å². The van der Waals surface area contributed by atoms with Gasteiger partial charge < -0.3 is 25.1 Å². The van der Waals surface area contributed by atoms with Crippen molar-refractivity contribution in [2.24, 2.45) is 17.6 Å². The Labute approximate surface area is 212 Å². The zero-order valence-corrected chi connectivity index (χ0v) is 22.9. The molecule has 0 bridgehead atoms. The summed E-state index contributed by atoms with van der Waals surface area (Å²) in [7, 11) is -0.109. The molecule has 0 aromatic heterocycles. The van der Waals surface area contributed by atoms with Crippen molar-refractivity contribution in [3.63, 3.8) is 0 Å². The molecule has 3 atom stereocenters. The van der Waals surface area contributed by atoms with E-state index < -0.39 is 22.2 Å². The minimum absolute atomic E-state index is 0. The summed E-state index contributed by atoms with van der Waals surface area (Å²) in [5.74, 6) is 1.98. The number of benzene rings is 1. The van der Waals surface area contributed by atoms with Crippen molar-refractivity contribution in [3.8, 4) is 11.5 Å². The summed E-state index contributed by atoms with van der Waals surface area (Å²) < 4.78 is 42.8. The molecule has 0 radical (unpaired) electrons. The van der Waals surface area contributed by atoms with Gasteiger partial charge in [-0.2, -0.15) is 0 Å². The summed E-state index contributed by atoms with van der Waals surface area (Å²) >= 11 is 0. The van der Waals surface area contributed by atoms with E-state index in [0.29, 0.717) is 43.5 Å². The van der Waals surface area contributed by atoms with E-state index in [1.807, 2.05) is 25.1 Å². The minimum Gasteiger partial charge on any atom is -0.493 e. The van der Waals surface area contributed by atoms with E-state index in [-0.39, 0.29) is 30.6 Å². The van der Waals surface area contributed by atoms with Crippen LogP contribution in [-0.2, 0) is 21.2 Å². The van der Waals surface area contributed by atoms with Crippen LogP contribution in [-0.4, -0.2) is 65.4 Å². The van der Waals surface area contributed by atoms with Crippen LogP contribution in [0.25, 0.3) is 0 Å². The molecule has 0 amide bonds. The van der Waals surface area contributed by atoms with Crippen molar-refractivity contribution in [2.45, 2.75) is 65.0 Å². The third-order valence-corrected chi connectivity index (χ3v) is 7.20. The van der Waals surface area contributed by atoms with Gasteiger partial charge in [-0.25, -0.2) is 13.1 Å². The van der Waals surface area contributed by atoms with Gasteiger partial charge in [-0.05, 0) is 48.8 Å². The Balaban J connectivity index is 0.0000109. The standard InChI is InChI=1S/C24H44N2O6S.ClH/c1-6-7-13-33(28,29)26-17-22(27)21(25)16-20(18(2)3)14-19-9-10-23(31-5)24(15-19)32-12-8-11-30-4;/h9-10,15,18,20-22,26-27H,6-8,11-14,16-17,25H2,1-5H3;1H. The lowest BCUT2D eigenvalue weighted by molar-refractivity contribution is 0.129. The molecule has 0 aliphatic rings. The number of rotatable bonds is 18. The molecule has 0 aliphatic heterocycles. The molecular formula is C24H45ClN2O6S. The Bertz CT molecular complexity index is 779. The Morgan fingerprint density at radius 3 is 2.41 bits per heavy atom. The molecular weight excluding hydrogens is 480 g/mol. The second-order valence-electron chi connectivity index (χ2n) is 8.88. The van der Waals surface area contributed by atoms with Crippen molar-refractivity contribution in [2.75, 3.05) is 39.7 Å². The van der Waals surface area contributed by atoms with E-state index in [4.69, 9.17) is 19.9 Å². The number of aliphatic hydroxyl groups excluding tert-OH is 1. The Hall–Kier alpha value is -1.10. The smallest absolute Gasteiger partial charge is 0.211 e. The molecule has 10 heteroatoms. The highest BCUT2D eigenvalue weighted by molar-refractivity contribution is 7.89. The maximum Gasteiger partial charge on any atom is 0.211 e. The molecule has 0 spiro atoms. The second-order valence-corrected chi connectivity index (χ2v) is 10.8. The van der Waals surface area contributed by atoms with Gasteiger partial charge in [-0.3, -0.25) is 0 Å². The number of nitrogens with two attached hydrogens (primary N) is 1. The molecule has 0 saturated heterocycles. The van der Waals surface area contributed by atoms with Crippen molar-refractivity contribution >= 4 is 22.4 Å². The average Bonchev–Trinajstić information content (AvgIpc) is 2.78. The number of methoxy groups -OCH3 is 2. The van der Waals surface area contributed by atoms with E-state index in [0.717, 1.165) is 24.8 Å². The van der Waals surface area contributed by atoms with Crippen LogP contribution in [0.4, 0.5) is 0 Å². The number of hydrogen-bond acceptors (Lipinski definition) is 7. The number of ether oxygens (including phenoxy) is 3. The third-order valence-electron chi connectivity index (χ3n) is 5.77. The van der Waals surface area contributed by atoms with Crippen LogP contribution in [0.1, 0.15) is 52.0 Å². The number of nitrogens with one attached hydrogen (secondary N) is 1. The summed E-state index contributed by atoms with van der Waals surface area (Å²) in [5.41, 5.74) is 7.36. The minimum atomic E-state index is -3.39. The van der Waals surface area contributed by atoms with Crippen LogP contribution in [0.2, 0.25) is 0 Å². The average molecular weight is 525 g/mol. The fourth-order valence-corrected chi connectivity index (χ4v) is 4.75. The second kappa shape index (κ2) is 17.3. The summed E-state index contributed by atoms with van der Waals surface area (Å²) in [6.45, 7) is 7.29. The van der Waals surface area contributed by atoms with Gasteiger partial charge in [0.1, 0.15) is 0 Å². The molecule has 200 valence electrons. The number of sulfonamides is 1. The van der Waals surface area contributed by atoms with Crippen LogP contribution in [0, 0.1) is 11.8 Å². The van der Waals surface area contributed by atoms with Crippen LogP contribution in [0.5, 0.6) is 11.5 Å². The molecule has 0 aliphatic carbocycles. The highest BCUT2D eigenvalue weighted by Gasteiger charge is 2.24. The highest BCUT2D eigenvalue weighted by Crippen LogP contribution is 2.31. The number of hydrogen-bond donors (Lipinski definition) is 3. The topological polar surface area (TPSA) is 120 Å². The summed E-state index contributed by atoms with van der Waals surface area (Å²) in [6, 6.07) is 5.37. The molecule has 0 fully saturated rings. The monoisotopic (exact) mass is 524 g/mol. The van der Waals surface area contributed by atoms with Crippen molar-refractivity contribution in [1.29, 1.82) is 0 Å². The Kier molecular flexibility index (Phi) is 16.8. The molecule has 1 aromatic rings. The quantitative estimate of drug-likeness (QED) is 0.252. The molecule has 4 N–H and O–H groups in total. The van der Waals surface area contributed by atoms with Gasteiger partial charge in [0, 0.05) is 32.7 Å². The predicted octanol–water partition coefficient (Wildman–Crippen LogP) is 3.14. The molecule has 0 heterocycles. The maximum absolute atomic E-state index is 12.0. The number of unbranched alkanes of at least 4 members (excludes halogenated alkanes) is 1. The van der Waals surface area contributed by atoms with Crippen LogP contribution < -0.4 is 19.9 Å². The lowest BCUT2D eigenvalue weighted by Crippen LogP contribution is -2.45. The van der Waals surface area contributed by atoms with Gasteiger partial charge in [0.2, 0.25) is 10.0 Å². The largest absolute Gasteiger partial charge is 0.493 e. The molecule has 1 rings (SSSR count). The first-order valence-electron chi connectivity index (χ1n) is 11.8. The zero-order valence-electron chi connectivity index (χ0n) is 21.3. The molecule has 3 unspecified atom stereocenters. The van der Waals surface area contributed by atoms with Gasteiger partial charge >= 0.3 is 0 Å². The van der Waals surface area contributed by atoms with Crippen LogP contribution in [0.3, 0.4) is 0 Å². The Morgan fingerprint density at radius 2 is 1.82 bits per heavy atom. The van der Waals surface area contributed by atoms with Gasteiger partial charge in [0.25, 0.3) is 0 Å². The van der Waals surface area contributed by atoms with E-state index in [1.165, 1.54) is 0 Å². The normalized spacial score (nSPS) is 14.4. The molecule has 1 aromatic carbocycles. The molecule has 0 saturated carbocycles. The van der Waals surface area contributed by atoms with Gasteiger partial charge in [-0.1, -0.05) is 33.3 Å². The number of aliphatic hydroxyl groups is 1. The van der Waals surface area contributed by atoms with Crippen molar-refractivity contribution in [1.82, 2.24) is 4.72 Å². The molecule has 8 nitrogen and oxygen atoms in total. The van der Waals surface area contributed by atoms with E-state index in [2.05, 4.69) is 18.6 Å². The highest BCUT2D eigenvalue weighted by atomic mass is 35.5. The lowest BCUT2D eigenvalue weighted by Gasteiger charge is -2.27. The van der Waals surface area contributed by atoms with Crippen molar-refractivity contribution in [3.05, 3.63) is 23.8 Å². The Morgan fingerprint density at radius 1 is 1.12 bits per heavy atom. The fraction of sp³-hybridized carbons (Fsp3) is 0.750. The van der Waals surface area contributed by atoms with E-state index in [1.54, 1.807) is 14.2 Å². The molecule has 34 heavy (non-hydrogen) atoms. The first kappa shape index (κ1) is 32.9. The van der Waals surface area contributed by atoms with Crippen LogP contribution >= 0.6 is 12.4 Å². The first-order valence-corrected chi connectivity index (χ1v) is 13.5. The third kappa shape index (κ3) is 12.6. The number of halogens is 1. The fourth-order valence-electron chi connectivity index (χ4n) is 3.52. The van der Waals surface area contributed by atoms with Crippen LogP contribution in [0.15, 0.2) is 18.2 Å². The SMILES string of the molecule is CCCCS(=O)(=O)NCC(O)C(N)CC(Cc1ccc(OC)c(OCCCOC)c1)C(C)C.Cl. The van der Waals surface area contributed by atoms with Gasteiger partial charge in [0.15, 0.2) is 11.5 Å². The summed E-state index contributed by atoms with van der Waals surface area (Å²) in [4.78, 5) is 0. The van der Waals surface area contributed by atoms with E-state index in [9.17, 15) is 13.5 Å². The van der Waals surface area contributed by atoms with E-state index >= 15 is 0 Å². The first-order chi connectivity index (χ1) is 15.6. The summed E-state index contributed by atoms with van der Waals surface area (Å²) in [5, 5.41) is 10.5.